The maximum atomic E-state index is 12.5. The third-order valence-electron chi connectivity index (χ3n) is 4.19. The van der Waals surface area contributed by atoms with E-state index >= 15 is 0 Å². The summed E-state index contributed by atoms with van der Waals surface area (Å²) >= 11 is 18.6. The van der Waals surface area contributed by atoms with Crippen LogP contribution >= 0.6 is 34.8 Å². The van der Waals surface area contributed by atoms with Crippen LogP contribution in [0, 0.1) is 0 Å². The zero-order valence-electron chi connectivity index (χ0n) is 13.4. The summed E-state index contributed by atoms with van der Waals surface area (Å²) in [6.07, 6.45) is 0. The van der Waals surface area contributed by atoms with Crippen LogP contribution in [-0.4, -0.2) is 37.0 Å². The molecule has 2 N–H and O–H groups in total. The number of carbonyl (C=O) groups is 1. The molecule has 25 heavy (non-hydrogen) atoms. The minimum Gasteiger partial charge on any atom is -0.322 e. The fourth-order valence-electron chi connectivity index (χ4n) is 2.97. The normalized spacial score (nSPS) is 18.1. The molecule has 0 bridgehead atoms. The van der Waals surface area contributed by atoms with E-state index in [4.69, 9.17) is 34.8 Å². The van der Waals surface area contributed by atoms with Crippen molar-refractivity contribution in [3.8, 4) is 0 Å². The van der Waals surface area contributed by atoms with Gasteiger partial charge in [-0.05, 0) is 23.8 Å². The fraction of sp³-hybridized carbons (Fsp3) is 0.278. The Morgan fingerprint density at radius 2 is 1.76 bits per heavy atom. The zero-order chi connectivity index (χ0) is 17.8. The first-order valence-corrected chi connectivity index (χ1v) is 9.12. The Kier molecular flexibility index (Phi) is 6.20. The SMILES string of the molecule is O=C(CN1CCNCC1c1ccccc1Cl)Nc1c(Cl)cccc1Cl. The molecule has 1 aliphatic rings. The molecule has 3 rings (SSSR count). The lowest BCUT2D eigenvalue weighted by atomic mass is 10.0. The summed E-state index contributed by atoms with van der Waals surface area (Å²) in [6, 6.07) is 12.9. The molecular formula is C18H18Cl3N3O. The number of piperazine rings is 1. The van der Waals surface area contributed by atoms with E-state index in [2.05, 4.69) is 15.5 Å². The van der Waals surface area contributed by atoms with Crippen LogP contribution in [0.5, 0.6) is 0 Å². The number of benzene rings is 2. The second-order valence-corrected chi connectivity index (χ2v) is 7.08. The number of nitrogens with zero attached hydrogens (tertiary/aromatic N) is 1. The maximum Gasteiger partial charge on any atom is 0.238 e. The maximum absolute atomic E-state index is 12.5. The number of amides is 1. The molecule has 1 fully saturated rings. The van der Waals surface area contributed by atoms with Gasteiger partial charge in [-0.3, -0.25) is 9.69 Å². The molecule has 2 aromatic rings. The van der Waals surface area contributed by atoms with Gasteiger partial charge in [0.15, 0.2) is 0 Å². The first-order valence-electron chi connectivity index (χ1n) is 7.99. The molecule has 0 aromatic heterocycles. The topological polar surface area (TPSA) is 44.4 Å². The van der Waals surface area contributed by atoms with E-state index in [9.17, 15) is 4.79 Å². The Morgan fingerprint density at radius 1 is 1.08 bits per heavy atom. The summed E-state index contributed by atoms with van der Waals surface area (Å²) in [4.78, 5) is 14.6. The summed E-state index contributed by atoms with van der Waals surface area (Å²) in [6.45, 7) is 2.55. The highest BCUT2D eigenvalue weighted by atomic mass is 35.5. The van der Waals surface area contributed by atoms with Crippen LogP contribution in [0.25, 0.3) is 0 Å². The van der Waals surface area contributed by atoms with Gasteiger partial charge in [0, 0.05) is 30.7 Å². The van der Waals surface area contributed by atoms with Crippen molar-refractivity contribution in [2.24, 2.45) is 0 Å². The Balaban J connectivity index is 1.73. The van der Waals surface area contributed by atoms with E-state index in [-0.39, 0.29) is 18.5 Å². The molecule has 0 aliphatic carbocycles. The highest BCUT2D eigenvalue weighted by Gasteiger charge is 2.27. The largest absolute Gasteiger partial charge is 0.322 e. The molecule has 1 amide bonds. The van der Waals surface area contributed by atoms with Gasteiger partial charge in [-0.2, -0.15) is 0 Å². The molecule has 0 spiro atoms. The number of nitrogens with one attached hydrogen (secondary N) is 2. The quantitative estimate of drug-likeness (QED) is 0.810. The molecule has 1 atom stereocenters. The second kappa shape index (κ2) is 8.39. The van der Waals surface area contributed by atoms with Crippen molar-refractivity contribution >= 4 is 46.4 Å². The summed E-state index contributed by atoms with van der Waals surface area (Å²) in [7, 11) is 0. The van der Waals surface area contributed by atoms with Gasteiger partial charge in [-0.1, -0.05) is 59.1 Å². The van der Waals surface area contributed by atoms with Crippen LogP contribution in [0.15, 0.2) is 42.5 Å². The average Bonchev–Trinajstić information content (AvgIpc) is 2.59. The van der Waals surface area contributed by atoms with E-state index in [1.165, 1.54) is 0 Å². The van der Waals surface area contributed by atoms with Crippen molar-refractivity contribution in [2.75, 3.05) is 31.5 Å². The molecule has 4 nitrogen and oxygen atoms in total. The van der Waals surface area contributed by atoms with E-state index < -0.39 is 0 Å². The lowest BCUT2D eigenvalue weighted by Gasteiger charge is -2.36. The zero-order valence-corrected chi connectivity index (χ0v) is 15.7. The minimum atomic E-state index is -0.158. The molecule has 7 heteroatoms. The summed E-state index contributed by atoms with van der Waals surface area (Å²) < 4.78 is 0. The summed E-state index contributed by atoms with van der Waals surface area (Å²) in [5.74, 6) is -0.158. The van der Waals surface area contributed by atoms with Gasteiger partial charge < -0.3 is 10.6 Å². The monoisotopic (exact) mass is 397 g/mol. The van der Waals surface area contributed by atoms with Crippen LogP contribution in [0.4, 0.5) is 5.69 Å². The first kappa shape index (κ1) is 18.5. The van der Waals surface area contributed by atoms with Gasteiger partial charge in [-0.15, -0.1) is 0 Å². The van der Waals surface area contributed by atoms with E-state index in [1.54, 1.807) is 18.2 Å². The van der Waals surface area contributed by atoms with Crippen LogP contribution < -0.4 is 10.6 Å². The van der Waals surface area contributed by atoms with Crippen LogP contribution in [-0.2, 0) is 4.79 Å². The molecule has 132 valence electrons. The third kappa shape index (κ3) is 4.46. The van der Waals surface area contributed by atoms with Crippen molar-refractivity contribution in [3.05, 3.63) is 63.1 Å². The fourth-order valence-corrected chi connectivity index (χ4v) is 3.72. The Hall–Kier alpha value is -1.30. The summed E-state index contributed by atoms with van der Waals surface area (Å²) in [5.41, 5.74) is 1.46. The molecular weight excluding hydrogens is 381 g/mol. The van der Waals surface area contributed by atoms with Crippen LogP contribution in [0.3, 0.4) is 0 Å². The molecule has 0 radical (unpaired) electrons. The van der Waals surface area contributed by atoms with Gasteiger partial charge in [0.25, 0.3) is 0 Å². The van der Waals surface area contributed by atoms with Gasteiger partial charge >= 0.3 is 0 Å². The predicted molar refractivity (Wildman–Crippen MR) is 104 cm³/mol. The number of hydrogen-bond donors (Lipinski definition) is 2. The van der Waals surface area contributed by atoms with Crippen molar-refractivity contribution in [1.82, 2.24) is 10.2 Å². The lowest BCUT2D eigenvalue weighted by molar-refractivity contribution is -0.118. The van der Waals surface area contributed by atoms with Crippen molar-refractivity contribution in [1.29, 1.82) is 0 Å². The van der Waals surface area contributed by atoms with Crippen LogP contribution in [0.2, 0.25) is 15.1 Å². The highest BCUT2D eigenvalue weighted by Crippen LogP contribution is 2.31. The Labute approximate surface area is 162 Å². The number of carbonyl (C=O) groups excluding carboxylic acids is 1. The number of rotatable bonds is 4. The third-order valence-corrected chi connectivity index (χ3v) is 5.17. The Morgan fingerprint density at radius 3 is 2.48 bits per heavy atom. The highest BCUT2D eigenvalue weighted by molar-refractivity contribution is 6.39. The van der Waals surface area contributed by atoms with Crippen molar-refractivity contribution in [3.63, 3.8) is 0 Å². The van der Waals surface area contributed by atoms with Gasteiger partial charge in [-0.25, -0.2) is 0 Å². The lowest BCUT2D eigenvalue weighted by Crippen LogP contribution is -2.48. The van der Waals surface area contributed by atoms with E-state index in [0.717, 1.165) is 25.2 Å². The van der Waals surface area contributed by atoms with E-state index in [0.29, 0.717) is 20.8 Å². The average molecular weight is 399 g/mol. The molecule has 1 saturated heterocycles. The smallest absolute Gasteiger partial charge is 0.238 e. The molecule has 0 saturated carbocycles. The van der Waals surface area contributed by atoms with E-state index in [1.807, 2.05) is 24.3 Å². The minimum absolute atomic E-state index is 0.0370. The van der Waals surface area contributed by atoms with Gasteiger partial charge in [0.1, 0.15) is 0 Å². The number of para-hydroxylation sites is 1. The molecule has 1 unspecified atom stereocenters. The molecule has 1 heterocycles. The van der Waals surface area contributed by atoms with Gasteiger partial charge in [0.2, 0.25) is 5.91 Å². The van der Waals surface area contributed by atoms with Crippen LogP contribution in [0.1, 0.15) is 11.6 Å². The van der Waals surface area contributed by atoms with Gasteiger partial charge in [0.05, 0.1) is 22.3 Å². The summed E-state index contributed by atoms with van der Waals surface area (Å²) in [5, 5.41) is 7.72. The first-order chi connectivity index (χ1) is 12.1. The molecule has 2 aromatic carbocycles. The predicted octanol–water partition coefficient (Wildman–Crippen LogP) is 4.23. The number of halogens is 3. The molecule has 1 aliphatic heterocycles. The second-order valence-electron chi connectivity index (χ2n) is 5.86. The Bertz CT molecular complexity index is 749. The van der Waals surface area contributed by atoms with Crippen molar-refractivity contribution < 1.29 is 4.79 Å². The van der Waals surface area contributed by atoms with Crippen molar-refractivity contribution in [2.45, 2.75) is 6.04 Å². The standard InChI is InChI=1S/C18H18Cl3N3O/c19-13-5-2-1-4-12(13)16-10-22-8-9-24(16)11-17(25)23-18-14(20)6-3-7-15(18)21/h1-7,16,22H,8-11H2,(H,23,25). The number of hydrogen-bond acceptors (Lipinski definition) is 3. The number of anilines is 1.